The summed E-state index contributed by atoms with van der Waals surface area (Å²) >= 11 is 0. The zero-order chi connectivity index (χ0) is 33.4. The molecule has 2 saturated heterocycles. The lowest BCUT2D eigenvalue weighted by molar-refractivity contribution is -0.147. The number of pyridine rings is 1. The van der Waals surface area contributed by atoms with Crippen LogP contribution in [0.1, 0.15) is 96.6 Å². The van der Waals surface area contributed by atoms with Crippen LogP contribution in [0.5, 0.6) is 0 Å². The van der Waals surface area contributed by atoms with Gasteiger partial charge in [0, 0.05) is 24.8 Å². The SMILES string of the molecule is CCC(=O)CCCCC[C@H]1NC(=O)[C@H]2CCCCN2C(=O)[C@H](C(C)CC)NC(=O)[C@H](c2cn(OC)c3ccccc3c2=O)NC1=O. The van der Waals surface area contributed by atoms with Crippen LogP contribution >= 0.6 is 0 Å². The molecule has 2 fully saturated rings. The fourth-order valence-electron chi connectivity index (χ4n) is 6.28. The highest BCUT2D eigenvalue weighted by Gasteiger charge is 2.41. The summed E-state index contributed by atoms with van der Waals surface area (Å²) in [6, 6.07) is 2.50. The van der Waals surface area contributed by atoms with Gasteiger partial charge < -0.3 is 25.7 Å². The van der Waals surface area contributed by atoms with Crippen molar-refractivity contribution in [2.24, 2.45) is 5.92 Å². The van der Waals surface area contributed by atoms with Gasteiger partial charge in [-0.2, -0.15) is 4.73 Å². The lowest BCUT2D eigenvalue weighted by Gasteiger charge is -2.39. The topological polar surface area (TPSA) is 156 Å². The minimum atomic E-state index is -1.48. The lowest BCUT2D eigenvalue weighted by atomic mass is 9.93. The van der Waals surface area contributed by atoms with Crippen molar-refractivity contribution in [3.8, 4) is 0 Å². The van der Waals surface area contributed by atoms with Crippen LogP contribution in [-0.2, 0) is 24.0 Å². The van der Waals surface area contributed by atoms with E-state index < -0.39 is 47.3 Å². The molecule has 0 saturated carbocycles. The van der Waals surface area contributed by atoms with E-state index in [4.69, 9.17) is 4.84 Å². The van der Waals surface area contributed by atoms with Gasteiger partial charge in [-0.15, -0.1) is 0 Å². The maximum atomic E-state index is 14.2. The van der Waals surface area contributed by atoms with Crippen molar-refractivity contribution in [2.75, 3.05) is 13.7 Å². The zero-order valence-electron chi connectivity index (χ0n) is 27.3. The van der Waals surface area contributed by atoms with Crippen molar-refractivity contribution in [2.45, 2.75) is 109 Å². The third-order valence-corrected chi connectivity index (χ3v) is 9.30. The number of piperidine rings is 1. The first-order chi connectivity index (χ1) is 22.1. The summed E-state index contributed by atoms with van der Waals surface area (Å²) in [7, 11) is 1.42. The zero-order valence-corrected chi connectivity index (χ0v) is 27.3. The normalized spacial score (nSPS) is 23.3. The fraction of sp³-hybridized carbons (Fsp3) is 0.588. The molecule has 4 amide bonds. The number of hydrogen-bond acceptors (Lipinski definition) is 7. The van der Waals surface area contributed by atoms with Crippen LogP contribution in [0.4, 0.5) is 0 Å². The Bertz CT molecular complexity index is 1500. The highest BCUT2D eigenvalue weighted by atomic mass is 16.6. The van der Waals surface area contributed by atoms with Gasteiger partial charge in [0.25, 0.3) is 0 Å². The molecule has 46 heavy (non-hydrogen) atoms. The Kier molecular flexibility index (Phi) is 11.9. The minimum absolute atomic E-state index is 0.0437. The van der Waals surface area contributed by atoms with Gasteiger partial charge in [-0.1, -0.05) is 52.2 Å². The predicted octanol–water partition coefficient (Wildman–Crippen LogP) is 2.56. The van der Waals surface area contributed by atoms with E-state index in [2.05, 4.69) is 16.0 Å². The molecule has 2 aromatic rings. The number of unbranched alkanes of at least 4 members (excludes halogenated alkanes) is 2. The van der Waals surface area contributed by atoms with Crippen molar-refractivity contribution in [1.82, 2.24) is 25.6 Å². The molecule has 12 heteroatoms. The number of nitrogens with zero attached hydrogens (tertiary/aromatic N) is 2. The lowest BCUT2D eigenvalue weighted by Crippen LogP contribution is -2.63. The van der Waals surface area contributed by atoms with E-state index in [0.717, 1.165) is 6.42 Å². The first-order valence-electron chi connectivity index (χ1n) is 16.5. The largest absolute Gasteiger partial charge is 0.417 e. The number of benzene rings is 1. The first-order valence-corrected chi connectivity index (χ1v) is 16.5. The Hall–Kier alpha value is -4.22. The fourth-order valence-corrected chi connectivity index (χ4v) is 6.28. The Labute approximate surface area is 269 Å². The number of Topliss-reactive ketones (excluding diaryl/α,β-unsaturated/α-hetero) is 1. The van der Waals surface area contributed by atoms with Crippen LogP contribution in [0.3, 0.4) is 0 Å². The van der Waals surface area contributed by atoms with Gasteiger partial charge in [-0.05, 0) is 50.2 Å². The van der Waals surface area contributed by atoms with Crippen LogP contribution in [-0.4, -0.2) is 70.8 Å². The van der Waals surface area contributed by atoms with E-state index in [1.54, 1.807) is 24.3 Å². The molecule has 0 bridgehead atoms. The molecular formula is C34H47N5O7. The van der Waals surface area contributed by atoms with Crippen molar-refractivity contribution in [3.63, 3.8) is 0 Å². The molecule has 1 aromatic heterocycles. The number of carbonyl (C=O) groups excluding carboxylic acids is 5. The molecule has 5 atom stereocenters. The second kappa shape index (κ2) is 15.9. The summed E-state index contributed by atoms with van der Waals surface area (Å²) in [6.45, 7) is 5.93. The number of ketones is 1. The molecule has 2 aliphatic heterocycles. The van der Waals surface area contributed by atoms with E-state index in [1.807, 2.05) is 20.8 Å². The van der Waals surface area contributed by atoms with Gasteiger partial charge in [0.2, 0.25) is 23.6 Å². The maximum Gasteiger partial charge on any atom is 0.248 e. The molecule has 0 spiro atoms. The molecule has 3 N–H and O–H groups in total. The predicted molar refractivity (Wildman–Crippen MR) is 173 cm³/mol. The number of hydrogen-bond donors (Lipinski definition) is 3. The summed E-state index contributed by atoms with van der Waals surface area (Å²) in [6.07, 6.45) is 6.90. The van der Waals surface area contributed by atoms with Crippen molar-refractivity contribution in [1.29, 1.82) is 0 Å². The first kappa shape index (κ1) is 34.6. The molecule has 4 rings (SSSR count). The highest BCUT2D eigenvalue weighted by Crippen LogP contribution is 2.24. The Morgan fingerprint density at radius 3 is 2.43 bits per heavy atom. The number of nitrogens with one attached hydrogen (secondary N) is 3. The summed E-state index contributed by atoms with van der Waals surface area (Å²) in [5.74, 6) is -2.24. The monoisotopic (exact) mass is 637 g/mol. The molecule has 0 aliphatic carbocycles. The van der Waals surface area contributed by atoms with E-state index in [-0.39, 0.29) is 35.0 Å². The second-order valence-electron chi connectivity index (χ2n) is 12.3. The molecular weight excluding hydrogens is 590 g/mol. The van der Waals surface area contributed by atoms with Crippen LogP contribution in [0.15, 0.2) is 35.3 Å². The summed E-state index contributed by atoms with van der Waals surface area (Å²) < 4.78 is 1.36. The third kappa shape index (κ3) is 7.76. The van der Waals surface area contributed by atoms with E-state index in [0.29, 0.717) is 63.4 Å². The van der Waals surface area contributed by atoms with Crippen molar-refractivity contribution < 1.29 is 28.8 Å². The highest BCUT2D eigenvalue weighted by molar-refractivity contribution is 5.98. The number of aromatic nitrogens is 1. The number of para-hydroxylation sites is 1. The van der Waals surface area contributed by atoms with Crippen molar-refractivity contribution in [3.05, 3.63) is 46.2 Å². The standard InChI is InChI=1S/C34H47N5O7/c1-5-21(3)28-34(45)38-19-13-12-18-27(38)32(43)35-25(16-9-7-8-14-22(40)6-2)31(42)37-29(33(44)36-28)24-20-39(46-4)26-17-11-10-15-23(26)30(24)41/h10-11,15,17,20-21,25,27-29H,5-9,12-14,16,18-19H2,1-4H3,(H,35,43)(H,36,44)(H,37,42)/t21?,25-,27-,28+,29+/m1/s1. The minimum Gasteiger partial charge on any atom is -0.417 e. The van der Waals surface area contributed by atoms with E-state index >= 15 is 0 Å². The van der Waals surface area contributed by atoms with Gasteiger partial charge in [-0.25, -0.2) is 0 Å². The molecule has 1 aromatic carbocycles. The summed E-state index contributed by atoms with van der Waals surface area (Å²) in [5, 5.41) is 8.77. The molecule has 0 radical (unpaired) electrons. The third-order valence-electron chi connectivity index (χ3n) is 9.30. The Morgan fingerprint density at radius 1 is 0.957 bits per heavy atom. The molecule has 3 heterocycles. The van der Waals surface area contributed by atoms with E-state index in [1.165, 1.54) is 22.9 Å². The number of amides is 4. The molecule has 1 unspecified atom stereocenters. The quantitative estimate of drug-likeness (QED) is 0.320. The maximum absolute atomic E-state index is 14.2. The van der Waals surface area contributed by atoms with Crippen LogP contribution in [0.2, 0.25) is 0 Å². The second-order valence-corrected chi connectivity index (χ2v) is 12.3. The Balaban J connectivity index is 1.76. The van der Waals surface area contributed by atoms with Crippen LogP contribution < -0.4 is 26.2 Å². The van der Waals surface area contributed by atoms with Gasteiger partial charge in [0.05, 0.1) is 17.3 Å². The van der Waals surface area contributed by atoms with Gasteiger partial charge in [0.1, 0.15) is 37.1 Å². The van der Waals surface area contributed by atoms with Gasteiger partial charge in [0.15, 0.2) is 5.43 Å². The average molecular weight is 638 g/mol. The van der Waals surface area contributed by atoms with Crippen LogP contribution in [0.25, 0.3) is 10.9 Å². The molecule has 2 aliphatic rings. The average Bonchev–Trinajstić information content (AvgIpc) is 3.07. The summed E-state index contributed by atoms with van der Waals surface area (Å²) in [4.78, 5) is 88.6. The molecule has 250 valence electrons. The smallest absolute Gasteiger partial charge is 0.248 e. The van der Waals surface area contributed by atoms with Crippen molar-refractivity contribution >= 4 is 40.3 Å². The van der Waals surface area contributed by atoms with Gasteiger partial charge in [-0.3, -0.25) is 28.8 Å². The van der Waals surface area contributed by atoms with E-state index in [9.17, 15) is 28.8 Å². The molecule has 12 nitrogen and oxygen atoms in total. The summed E-state index contributed by atoms with van der Waals surface area (Å²) in [5.41, 5.74) is -0.0351. The number of carbonyl (C=O) groups is 5. The van der Waals surface area contributed by atoms with Crippen LogP contribution in [0, 0.1) is 5.92 Å². The number of fused-ring (bicyclic) bond motifs is 2. The number of rotatable bonds is 11. The van der Waals surface area contributed by atoms with Gasteiger partial charge >= 0.3 is 0 Å². The Morgan fingerprint density at radius 2 is 1.72 bits per heavy atom.